The molecule has 2 aromatic heterocycles. The molecule has 2 heterocycles. The van der Waals surface area contributed by atoms with Crippen LogP contribution in [-0.2, 0) is 14.1 Å². The number of aromatic nitrogens is 3. The standard InChI is InChI=1S/C16H15FN4O/c1-20-9-3-4-14(20)13-10-15(21(2)19-13)16(22)18-12-7-5-11(17)6-8-12/h3-10H,1-2H3,(H,18,22). The monoisotopic (exact) mass is 298 g/mol. The number of benzene rings is 1. The number of anilines is 1. The van der Waals surface area contributed by atoms with Gasteiger partial charge in [-0.3, -0.25) is 9.48 Å². The highest BCUT2D eigenvalue weighted by Crippen LogP contribution is 2.19. The van der Waals surface area contributed by atoms with Crippen LogP contribution in [0.2, 0.25) is 0 Å². The van der Waals surface area contributed by atoms with E-state index in [0.29, 0.717) is 11.4 Å². The van der Waals surface area contributed by atoms with Gasteiger partial charge in [-0.15, -0.1) is 0 Å². The third-order valence-corrected chi connectivity index (χ3v) is 3.42. The van der Waals surface area contributed by atoms with Crippen LogP contribution in [0.4, 0.5) is 10.1 Å². The lowest BCUT2D eigenvalue weighted by Gasteiger charge is -2.04. The second-order valence-corrected chi connectivity index (χ2v) is 5.00. The van der Waals surface area contributed by atoms with Crippen LogP contribution < -0.4 is 5.32 Å². The topological polar surface area (TPSA) is 51.9 Å². The molecule has 1 amide bonds. The zero-order valence-electron chi connectivity index (χ0n) is 12.2. The van der Waals surface area contributed by atoms with Crippen LogP contribution in [0.5, 0.6) is 0 Å². The minimum atomic E-state index is -0.343. The van der Waals surface area contributed by atoms with Gasteiger partial charge in [0.05, 0.1) is 5.69 Å². The van der Waals surface area contributed by atoms with Crippen LogP contribution in [0.15, 0.2) is 48.7 Å². The Morgan fingerprint density at radius 2 is 1.91 bits per heavy atom. The van der Waals surface area contributed by atoms with Gasteiger partial charge in [0.1, 0.15) is 17.2 Å². The smallest absolute Gasteiger partial charge is 0.273 e. The van der Waals surface area contributed by atoms with E-state index in [1.807, 2.05) is 29.9 Å². The van der Waals surface area contributed by atoms with E-state index >= 15 is 0 Å². The number of aryl methyl sites for hydroxylation is 2. The summed E-state index contributed by atoms with van der Waals surface area (Å²) < 4.78 is 16.3. The van der Waals surface area contributed by atoms with E-state index in [-0.39, 0.29) is 11.7 Å². The Morgan fingerprint density at radius 3 is 2.55 bits per heavy atom. The van der Waals surface area contributed by atoms with Crippen molar-refractivity contribution in [3.05, 3.63) is 60.2 Å². The van der Waals surface area contributed by atoms with Gasteiger partial charge in [-0.05, 0) is 42.5 Å². The van der Waals surface area contributed by atoms with Gasteiger partial charge in [-0.1, -0.05) is 0 Å². The lowest BCUT2D eigenvalue weighted by atomic mass is 10.2. The van der Waals surface area contributed by atoms with E-state index in [2.05, 4.69) is 10.4 Å². The van der Waals surface area contributed by atoms with Crippen molar-refractivity contribution in [2.75, 3.05) is 5.32 Å². The normalized spacial score (nSPS) is 10.7. The lowest BCUT2D eigenvalue weighted by Crippen LogP contribution is -2.15. The third-order valence-electron chi connectivity index (χ3n) is 3.42. The maximum absolute atomic E-state index is 12.9. The molecule has 0 radical (unpaired) electrons. The van der Waals surface area contributed by atoms with Gasteiger partial charge in [0.15, 0.2) is 0 Å². The summed E-state index contributed by atoms with van der Waals surface area (Å²) in [5.74, 6) is -0.633. The molecule has 0 unspecified atom stereocenters. The van der Waals surface area contributed by atoms with E-state index < -0.39 is 0 Å². The molecule has 0 saturated carbocycles. The predicted molar refractivity (Wildman–Crippen MR) is 82.0 cm³/mol. The van der Waals surface area contributed by atoms with Crippen LogP contribution in [0, 0.1) is 5.82 Å². The fraction of sp³-hybridized carbons (Fsp3) is 0.125. The van der Waals surface area contributed by atoms with Crippen molar-refractivity contribution in [1.82, 2.24) is 14.3 Å². The number of nitrogens with one attached hydrogen (secondary N) is 1. The Morgan fingerprint density at radius 1 is 1.18 bits per heavy atom. The summed E-state index contributed by atoms with van der Waals surface area (Å²) in [6.07, 6.45) is 1.92. The van der Waals surface area contributed by atoms with Crippen LogP contribution in [0.3, 0.4) is 0 Å². The van der Waals surface area contributed by atoms with Gasteiger partial charge in [0.25, 0.3) is 5.91 Å². The molecule has 0 atom stereocenters. The molecule has 3 rings (SSSR count). The number of carbonyl (C=O) groups excluding carboxylic acids is 1. The van der Waals surface area contributed by atoms with Crippen molar-refractivity contribution in [2.24, 2.45) is 14.1 Å². The summed E-state index contributed by atoms with van der Waals surface area (Å²) in [6.45, 7) is 0. The highest BCUT2D eigenvalue weighted by Gasteiger charge is 2.15. The summed E-state index contributed by atoms with van der Waals surface area (Å²) in [6, 6.07) is 11.2. The summed E-state index contributed by atoms with van der Waals surface area (Å²) in [5.41, 5.74) is 2.62. The van der Waals surface area contributed by atoms with Crippen LogP contribution in [0.25, 0.3) is 11.4 Å². The fourth-order valence-electron chi connectivity index (χ4n) is 2.26. The van der Waals surface area contributed by atoms with Gasteiger partial charge in [-0.2, -0.15) is 5.10 Å². The van der Waals surface area contributed by atoms with Crippen LogP contribution >= 0.6 is 0 Å². The van der Waals surface area contributed by atoms with E-state index in [9.17, 15) is 9.18 Å². The lowest BCUT2D eigenvalue weighted by molar-refractivity contribution is 0.101. The molecular formula is C16H15FN4O. The summed E-state index contributed by atoms with van der Waals surface area (Å²) in [5, 5.41) is 7.09. The number of nitrogens with zero attached hydrogens (tertiary/aromatic N) is 3. The number of hydrogen-bond acceptors (Lipinski definition) is 2. The number of halogens is 1. The van der Waals surface area contributed by atoms with Crippen molar-refractivity contribution in [2.45, 2.75) is 0 Å². The van der Waals surface area contributed by atoms with Gasteiger partial charge in [0.2, 0.25) is 0 Å². The first kappa shape index (κ1) is 14.1. The van der Waals surface area contributed by atoms with Gasteiger partial charge in [0, 0.05) is 26.0 Å². The Labute approximate surface area is 127 Å². The molecule has 0 bridgehead atoms. The van der Waals surface area contributed by atoms with Crippen molar-refractivity contribution in [1.29, 1.82) is 0 Å². The maximum Gasteiger partial charge on any atom is 0.273 e. The molecule has 0 fully saturated rings. The van der Waals surface area contributed by atoms with Gasteiger partial charge in [-0.25, -0.2) is 4.39 Å². The second-order valence-electron chi connectivity index (χ2n) is 5.00. The molecule has 5 nitrogen and oxygen atoms in total. The third kappa shape index (κ3) is 2.63. The average molecular weight is 298 g/mol. The van der Waals surface area contributed by atoms with Crippen LogP contribution in [-0.4, -0.2) is 20.3 Å². The highest BCUT2D eigenvalue weighted by atomic mass is 19.1. The fourth-order valence-corrected chi connectivity index (χ4v) is 2.26. The van der Waals surface area contributed by atoms with Crippen molar-refractivity contribution in [3.63, 3.8) is 0 Å². The first-order chi connectivity index (χ1) is 10.5. The molecule has 0 aliphatic carbocycles. The zero-order chi connectivity index (χ0) is 15.7. The molecule has 0 aliphatic rings. The molecule has 1 aromatic carbocycles. The van der Waals surface area contributed by atoms with E-state index in [1.165, 1.54) is 28.9 Å². The molecular weight excluding hydrogens is 283 g/mol. The average Bonchev–Trinajstić information content (AvgIpc) is 3.07. The molecule has 0 aliphatic heterocycles. The minimum absolute atomic E-state index is 0.290. The highest BCUT2D eigenvalue weighted by molar-refractivity contribution is 6.03. The van der Waals surface area contributed by atoms with E-state index in [1.54, 1.807) is 13.1 Å². The van der Waals surface area contributed by atoms with Gasteiger partial charge < -0.3 is 9.88 Å². The van der Waals surface area contributed by atoms with E-state index in [0.717, 1.165) is 11.4 Å². The molecule has 112 valence electrons. The molecule has 0 saturated heterocycles. The SMILES string of the molecule is Cn1cccc1-c1cc(C(=O)Nc2ccc(F)cc2)n(C)n1. The molecule has 0 spiro atoms. The summed E-state index contributed by atoms with van der Waals surface area (Å²) >= 11 is 0. The first-order valence-electron chi connectivity index (χ1n) is 6.77. The van der Waals surface area contributed by atoms with Crippen molar-refractivity contribution >= 4 is 11.6 Å². The van der Waals surface area contributed by atoms with Crippen molar-refractivity contribution < 1.29 is 9.18 Å². The molecule has 1 N–H and O–H groups in total. The van der Waals surface area contributed by atoms with E-state index in [4.69, 9.17) is 0 Å². The predicted octanol–water partition coefficient (Wildman–Crippen LogP) is 2.82. The Kier molecular flexibility index (Phi) is 3.50. The Bertz CT molecular complexity index is 817. The zero-order valence-corrected chi connectivity index (χ0v) is 12.2. The number of amides is 1. The number of carbonyl (C=O) groups is 1. The largest absolute Gasteiger partial charge is 0.349 e. The Hall–Kier alpha value is -2.89. The molecule has 22 heavy (non-hydrogen) atoms. The summed E-state index contributed by atoms with van der Waals surface area (Å²) in [4.78, 5) is 12.3. The van der Waals surface area contributed by atoms with Gasteiger partial charge >= 0.3 is 0 Å². The summed E-state index contributed by atoms with van der Waals surface area (Å²) in [7, 11) is 3.63. The first-order valence-corrected chi connectivity index (χ1v) is 6.77. The minimum Gasteiger partial charge on any atom is -0.349 e. The quantitative estimate of drug-likeness (QED) is 0.808. The molecule has 6 heteroatoms. The Balaban J connectivity index is 1.85. The number of rotatable bonds is 3. The van der Waals surface area contributed by atoms with Crippen molar-refractivity contribution in [3.8, 4) is 11.4 Å². The second kappa shape index (κ2) is 5.48. The molecule has 3 aromatic rings. The number of hydrogen-bond donors (Lipinski definition) is 1. The van der Waals surface area contributed by atoms with Crippen LogP contribution in [0.1, 0.15) is 10.5 Å². The maximum atomic E-state index is 12.9.